The second-order valence-corrected chi connectivity index (χ2v) is 18.0. The highest BCUT2D eigenvalue weighted by Crippen LogP contribution is 2.59. The van der Waals surface area contributed by atoms with Crippen molar-refractivity contribution in [3.05, 3.63) is 258 Å². The highest BCUT2D eigenvalue weighted by Gasteiger charge is 2.46. The van der Waals surface area contributed by atoms with Crippen molar-refractivity contribution in [1.82, 2.24) is 0 Å². The summed E-state index contributed by atoms with van der Waals surface area (Å²) in [5.41, 5.74) is 19.6. The molecule has 0 bridgehead atoms. The maximum absolute atomic E-state index is 6.68. The van der Waals surface area contributed by atoms with Gasteiger partial charge in [-0.05, 0) is 121 Å². The molecule has 2 heteroatoms. The Hall–Kier alpha value is -7.94. The fourth-order valence-electron chi connectivity index (χ4n) is 11.4. The van der Waals surface area contributed by atoms with Gasteiger partial charge in [-0.25, -0.2) is 0 Å². The summed E-state index contributed by atoms with van der Waals surface area (Å²) in [7, 11) is 0. The van der Waals surface area contributed by atoms with Crippen LogP contribution in [0.15, 0.2) is 229 Å². The Morgan fingerprint density at radius 2 is 0.938 bits per heavy atom. The molecule has 2 nitrogen and oxygen atoms in total. The summed E-state index contributed by atoms with van der Waals surface area (Å²) in [6.07, 6.45) is 0. The normalized spacial score (nSPS) is 14.0. The van der Waals surface area contributed by atoms with Crippen molar-refractivity contribution in [2.45, 2.75) is 24.7 Å². The van der Waals surface area contributed by atoms with Crippen LogP contribution in [0.4, 0.5) is 17.1 Å². The van der Waals surface area contributed by atoms with E-state index in [9.17, 15) is 0 Å². The van der Waals surface area contributed by atoms with Crippen molar-refractivity contribution < 1.29 is 4.42 Å². The summed E-state index contributed by atoms with van der Waals surface area (Å²) in [5, 5.41) is 4.74. The molecule has 0 fully saturated rings. The SMILES string of the molecule is CC1(C)c2cc(N(c3ccc4c(c3)C(c3ccccc3)(c3ccccc3)c3ccccc3-4)c3ccc4ccccc4c3)ccc2-c2c1cc1oc3ccccc3c1c2-c1ccccc1. The number of furan rings is 1. The van der Waals surface area contributed by atoms with Crippen molar-refractivity contribution in [2.24, 2.45) is 0 Å². The van der Waals surface area contributed by atoms with E-state index >= 15 is 0 Å². The molecule has 11 aromatic rings. The van der Waals surface area contributed by atoms with Gasteiger partial charge in [0.15, 0.2) is 0 Å². The largest absolute Gasteiger partial charge is 0.456 e. The predicted molar refractivity (Wildman–Crippen MR) is 266 cm³/mol. The van der Waals surface area contributed by atoms with E-state index in [0.717, 1.165) is 33.6 Å². The van der Waals surface area contributed by atoms with Crippen molar-refractivity contribution in [3.8, 4) is 33.4 Å². The number of hydrogen-bond donors (Lipinski definition) is 0. The van der Waals surface area contributed by atoms with Gasteiger partial charge in [-0.2, -0.15) is 0 Å². The minimum absolute atomic E-state index is 0.318. The maximum atomic E-state index is 6.68. The lowest BCUT2D eigenvalue weighted by molar-refractivity contribution is 0.647. The van der Waals surface area contributed by atoms with Crippen LogP contribution in [0.3, 0.4) is 0 Å². The fourth-order valence-corrected chi connectivity index (χ4v) is 11.4. The first-order chi connectivity index (χ1) is 31.5. The molecule has 0 N–H and O–H groups in total. The molecule has 2 aliphatic carbocycles. The van der Waals surface area contributed by atoms with Gasteiger partial charge in [0.1, 0.15) is 11.2 Å². The van der Waals surface area contributed by atoms with Crippen LogP contribution < -0.4 is 4.90 Å². The molecule has 1 aromatic heterocycles. The summed E-state index contributed by atoms with van der Waals surface area (Å²) < 4.78 is 6.68. The summed E-state index contributed by atoms with van der Waals surface area (Å²) >= 11 is 0. The third kappa shape index (κ3) is 5.14. The highest BCUT2D eigenvalue weighted by atomic mass is 16.3. The average molecular weight is 818 g/mol. The summed E-state index contributed by atoms with van der Waals surface area (Å²) in [6, 6.07) is 82.8. The van der Waals surface area contributed by atoms with Gasteiger partial charge in [0, 0.05) is 38.8 Å². The van der Waals surface area contributed by atoms with E-state index in [0.29, 0.717) is 0 Å². The zero-order chi connectivity index (χ0) is 42.6. The number of benzene rings is 10. The molecule has 64 heavy (non-hydrogen) atoms. The number of rotatable bonds is 6. The maximum Gasteiger partial charge on any atom is 0.136 e. The third-order valence-electron chi connectivity index (χ3n) is 14.3. The molecular weight excluding hydrogens is 775 g/mol. The van der Waals surface area contributed by atoms with Crippen LogP contribution in [0.1, 0.15) is 47.2 Å². The molecule has 13 rings (SSSR count). The molecule has 0 spiro atoms. The van der Waals surface area contributed by atoms with Crippen LogP contribution in [-0.2, 0) is 10.8 Å². The minimum atomic E-state index is -0.518. The lowest BCUT2D eigenvalue weighted by Crippen LogP contribution is -2.28. The third-order valence-corrected chi connectivity index (χ3v) is 14.3. The number of nitrogens with zero attached hydrogens (tertiary/aromatic N) is 1. The van der Waals surface area contributed by atoms with Crippen molar-refractivity contribution in [1.29, 1.82) is 0 Å². The quantitative estimate of drug-likeness (QED) is 0.166. The minimum Gasteiger partial charge on any atom is -0.456 e. The molecule has 10 aromatic carbocycles. The Bertz CT molecular complexity index is 3600. The number of para-hydroxylation sites is 1. The van der Waals surface area contributed by atoms with Gasteiger partial charge in [-0.3, -0.25) is 0 Å². The Balaban J connectivity index is 1.07. The van der Waals surface area contributed by atoms with E-state index in [4.69, 9.17) is 4.42 Å². The summed E-state index contributed by atoms with van der Waals surface area (Å²) in [6.45, 7) is 4.76. The lowest BCUT2D eigenvalue weighted by Gasteiger charge is -2.35. The highest BCUT2D eigenvalue weighted by molar-refractivity contribution is 6.17. The van der Waals surface area contributed by atoms with E-state index < -0.39 is 5.41 Å². The average Bonchev–Trinajstić information content (AvgIpc) is 3.95. The molecule has 302 valence electrons. The Labute approximate surface area is 373 Å². The molecule has 0 amide bonds. The lowest BCUT2D eigenvalue weighted by atomic mass is 9.67. The van der Waals surface area contributed by atoms with Crippen LogP contribution in [0, 0.1) is 0 Å². The van der Waals surface area contributed by atoms with Gasteiger partial charge in [0.05, 0.1) is 5.41 Å². The van der Waals surface area contributed by atoms with Gasteiger partial charge >= 0.3 is 0 Å². The van der Waals surface area contributed by atoms with Gasteiger partial charge in [0.25, 0.3) is 0 Å². The zero-order valence-electron chi connectivity index (χ0n) is 35.7. The molecule has 0 atom stereocenters. The van der Waals surface area contributed by atoms with Gasteiger partial charge < -0.3 is 9.32 Å². The summed E-state index contributed by atoms with van der Waals surface area (Å²) in [5.74, 6) is 0. The van der Waals surface area contributed by atoms with Gasteiger partial charge in [-0.15, -0.1) is 0 Å². The first-order valence-corrected chi connectivity index (χ1v) is 22.3. The first-order valence-electron chi connectivity index (χ1n) is 22.3. The molecule has 1 heterocycles. The van der Waals surface area contributed by atoms with Crippen LogP contribution >= 0.6 is 0 Å². The zero-order valence-corrected chi connectivity index (χ0v) is 35.7. The molecule has 0 saturated heterocycles. The monoisotopic (exact) mass is 817 g/mol. The number of hydrogen-bond acceptors (Lipinski definition) is 2. The Morgan fingerprint density at radius 3 is 1.69 bits per heavy atom. The first kappa shape index (κ1) is 36.7. The standard InChI is InChI=1S/C62H43NO/c1-61(2)53-37-46(33-35-50(53)59-55(61)39-57-60(51-27-15-17-29-56(51)64-57)58(59)41-19-6-3-7-20-41)63(45-31-30-40-18-12-13-21-42(40)36-45)47-32-34-49-48-26-14-16-28-52(48)62(54(49)38-47,43-22-8-4-9-23-43)44-24-10-5-11-25-44/h3-39H,1-2H3. The van der Waals surface area contributed by atoms with Crippen molar-refractivity contribution >= 4 is 49.8 Å². The molecular formula is C62H43NO. The van der Waals surface area contributed by atoms with Gasteiger partial charge in [0.2, 0.25) is 0 Å². The molecule has 0 unspecified atom stereocenters. The molecule has 2 aliphatic rings. The van der Waals surface area contributed by atoms with E-state index in [1.165, 1.54) is 82.9 Å². The molecule has 0 aliphatic heterocycles. The second-order valence-electron chi connectivity index (χ2n) is 18.0. The van der Waals surface area contributed by atoms with E-state index in [1.807, 2.05) is 0 Å². The van der Waals surface area contributed by atoms with Crippen LogP contribution in [0.25, 0.3) is 66.1 Å². The smallest absolute Gasteiger partial charge is 0.136 e. The van der Waals surface area contributed by atoms with Crippen molar-refractivity contribution in [2.75, 3.05) is 4.90 Å². The second kappa shape index (κ2) is 13.8. The molecule has 0 radical (unpaired) electrons. The van der Waals surface area contributed by atoms with Crippen molar-refractivity contribution in [3.63, 3.8) is 0 Å². The number of anilines is 3. The topological polar surface area (TPSA) is 16.4 Å². The summed E-state index contributed by atoms with van der Waals surface area (Å²) in [4.78, 5) is 2.48. The van der Waals surface area contributed by atoms with Crippen LogP contribution in [0.5, 0.6) is 0 Å². The predicted octanol–water partition coefficient (Wildman–Crippen LogP) is 16.5. The molecule has 0 saturated carbocycles. The Morgan fingerprint density at radius 1 is 0.375 bits per heavy atom. The van der Waals surface area contributed by atoms with Gasteiger partial charge in [-0.1, -0.05) is 190 Å². The van der Waals surface area contributed by atoms with Crippen LogP contribution in [-0.4, -0.2) is 0 Å². The Kier molecular flexibility index (Phi) is 7.90. The van der Waals surface area contributed by atoms with E-state index in [-0.39, 0.29) is 5.41 Å². The van der Waals surface area contributed by atoms with E-state index in [1.54, 1.807) is 0 Å². The van der Waals surface area contributed by atoms with Crippen LogP contribution in [0.2, 0.25) is 0 Å². The number of fused-ring (bicyclic) bond motifs is 10. The fraction of sp³-hybridized carbons (Fsp3) is 0.0645. The van der Waals surface area contributed by atoms with E-state index in [2.05, 4.69) is 243 Å².